The highest BCUT2D eigenvalue weighted by Crippen LogP contribution is 2.26. The van der Waals surface area contributed by atoms with E-state index in [-0.39, 0.29) is 32.4 Å². The summed E-state index contributed by atoms with van der Waals surface area (Å²) in [7, 11) is 1.75. The van der Waals surface area contributed by atoms with Crippen LogP contribution in [0, 0.1) is 6.92 Å². The van der Waals surface area contributed by atoms with Crippen LogP contribution in [0.5, 0.6) is 0 Å². The first-order valence-electron chi connectivity index (χ1n) is 10.3. The average molecular weight is 495 g/mol. The van der Waals surface area contributed by atoms with E-state index in [4.69, 9.17) is 23.2 Å². The Bertz CT molecular complexity index is 1460. The first-order chi connectivity index (χ1) is 16.3. The third-order valence-electron chi connectivity index (χ3n) is 5.37. The van der Waals surface area contributed by atoms with E-state index >= 15 is 0 Å². The highest BCUT2D eigenvalue weighted by molar-refractivity contribution is 6.44. The van der Waals surface area contributed by atoms with Gasteiger partial charge in [-0.25, -0.2) is 4.68 Å². The number of hydrogen-bond donors (Lipinski definition) is 2. The van der Waals surface area contributed by atoms with Crippen molar-refractivity contribution in [3.05, 3.63) is 110 Å². The van der Waals surface area contributed by atoms with Crippen molar-refractivity contribution in [1.82, 2.24) is 9.36 Å². The van der Waals surface area contributed by atoms with Gasteiger partial charge in [0.05, 0.1) is 27.0 Å². The predicted octanol–water partition coefficient (Wildman–Crippen LogP) is 5.30. The maximum absolute atomic E-state index is 13.1. The van der Waals surface area contributed by atoms with Crippen molar-refractivity contribution in [3.8, 4) is 5.69 Å². The number of anilines is 2. The number of nitrogens with zero attached hydrogens (tertiary/aromatic N) is 2. The number of halogens is 2. The van der Waals surface area contributed by atoms with E-state index in [1.54, 1.807) is 55.1 Å². The third kappa shape index (κ3) is 4.48. The van der Waals surface area contributed by atoms with Gasteiger partial charge in [0.15, 0.2) is 0 Å². The highest BCUT2D eigenvalue weighted by atomic mass is 35.5. The third-order valence-corrected chi connectivity index (χ3v) is 6.19. The number of carbonyl (C=O) groups excluding carboxylic acids is 2. The molecule has 172 valence electrons. The molecular weight excluding hydrogens is 475 g/mol. The van der Waals surface area contributed by atoms with Gasteiger partial charge in [-0.1, -0.05) is 53.5 Å². The van der Waals surface area contributed by atoms with E-state index in [1.165, 1.54) is 10.7 Å². The van der Waals surface area contributed by atoms with Gasteiger partial charge in [0.1, 0.15) is 5.69 Å². The van der Waals surface area contributed by atoms with Gasteiger partial charge >= 0.3 is 0 Å². The van der Waals surface area contributed by atoms with Gasteiger partial charge < -0.3 is 10.6 Å². The number of nitrogens with one attached hydrogen (secondary N) is 2. The highest BCUT2D eigenvalue weighted by Gasteiger charge is 2.19. The number of carbonyl (C=O) groups is 2. The molecule has 0 saturated carbocycles. The standard InChI is InChI=1S/C25H20Cl2N4O3/c1-15-22(25(34)31(30(15)2)18-10-4-3-5-11-18)29-23(32)16-8-6-9-17(14-16)28-24(33)19-12-7-13-20(26)21(19)27/h3-14H,1-2H3,(H,28,33)(H,29,32). The van der Waals surface area contributed by atoms with Crippen molar-refractivity contribution < 1.29 is 9.59 Å². The quantitative estimate of drug-likeness (QED) is 0.394. The fourth-order valence-corrected chi connectivity index (χ4v) is 3.90. The molecule has 0 aliphatic rings. The van der Waals surface area contributed by atoms with Gasteiger partial charge in [-0.05, 0) is 49.4 Å². The molecule has 0 atom stereocenters. The lowest BCUT2D eigenvalue weighted by Crippen LogP contribution is -2.23. The van der Waals surface area contributed by atoms with E-state index in [9.17, 15) is 14.4 Å². The molecule has 7 nitrogen and oxygen atoms in total. The Kier molecular flexibility index (Phi) is 6.58. The Balaban J connectivity index is 1.58. The lowest BCUT2D eigenvalue weighted by molar-refractivity contribution is 0.101. The minimum absolute atomic E-state index is 0.143. The summed E-state index contributed by atoms with van der Waals surface area (Å²) in [6.45, 7) is 1.75. The summed E-state index contributed by atoms with van der Waals surface area (Å²) in [5, 5.41) is 5.83. The van der Waals surface area contributed by atoms with Gasteiger partial charge in [-0.15, -0.1) is 0 Å². The molecule has 0 radical (unpaired) electrons. The largest absolute Gasteiger partial charge is 0.322 e. The first-order valence-corrected chi connectivity index (χ1v) is 11.0. The smallest absolute Gasteiger partial charge is 0.295 e. The lowest BCUT2D eigenvalue weighted by atomic mass is 10.1. The summed E-state index contributed by atoms with van der Waals surface area (Å²) in [4.78, 5) is 38.6. The molecule has 0 saturated heterocycles. The summed E-state index contributed by atoms with van der Waals surface area (Å²) in [6, 6.07) is 20.3. The van der Waals surface area contributed by atoms with Gasteiger partial charge in [-0.2, -0.15) is 0 Å². The summed E-state index contributed by atoms with van der Waals surface area (Å²) in [5.74, 6) is -0.947. The number of amides is 2. The number of hydrogen-bond acceptors (Lipinski definition) is 3. The van der Waals surface area contributed by atoms with Crippen LogP contribution in [0.4, 0.5) is 11.4 Å². The summed E-state index contributed by atoms with van der Waals surface area (Å²) in [5.41, 5.74) is 1.98. The van der Waals surface area contributed by atoms with E-state index in [0.29, 0.717) is 17.1 Å². The molecule has 0 unspecified atom stereocenters. The number of para-hydroxylation sites is 1. The fraction of sp³-hybridized carbons (Fsp3) is 0.0800. The van der Waals surface area contributed by atoms with Crippen LogP contribution >= 0.6 is 23.2 Å². The second-order valence-electron chi connectivity index (χ2n) is 7.53. The molecule has 0 aliphatic heterocycles. The zero-order valence-corrected chi connectivity index (χ0v) is 19.8. The van der Waals surface area contributed by atoms with Crippen molar-refractivity contribution in [2.45, 2.75) is 6.92 Å². The van der Waals surface area contributed by atoms with Crippen LogP contribution in [0.3, 0.4) is 0 Å². The Morgan fingerprint density at radius 3 is 2.29 bits per heavy atom. The van der Waals surface area contributed by atoms with E-state index in [1.807, 2.05) is 30.3 Å². The second kappa shape index (κ2) is 9.59. The minimum Gasteiger partial charge on any atom is -0.322 e. The molecule has 4 rings (SSSR count). The summed E-state index contributed by atoms with van der Waals surface area (Å²) in [6.07, 6.45) is 0. The van der Waals surface area contributed by atoms with Crippen LogP contribution in [0.25, 0.3) is 5.69 Å². The molecule has 0 bridgehead atoms. The molecule has 0 spiro atoms. The van der Waals surface area contributed by atoms with Gasteiger partial charge in [0.2, 0.25) is 0 Å². The topological polar surface area (TPSA) is 85.1 Å². The maximum Gasteiger partial charge on any atom is 0.295 e. The molecule has 1 heterocycles. The summed E-state index contributed by atoms with van der Waals surface area (Å²) < 4.78 is 3.16. The molecule has 0 fully saturated rings. The number of aromatic nitrogens is 2. The van der Waals surface area contributed by atoms with E-state index in [2.05, 4.69) is 10.6 Å². The molecule has 9 heteroatoms. The zero-order valence-electron chi connectivity index (χ0n) is 18.3. The van der Waals surface area contributed by atoms with E-state index < -0.39 is 11.8 Å². The van der Waals surface area contributed by atoms with Crippen LogP contribution in [-0.4, -0.2) is 21.2 Å². The van der Waals surface area contributed by atoms with E-state index in [0.717, 1.165) is 0 Å². The molecule has 4 aromatic rings. The maximum atomic E-state index is 13.1. The molecular formula is C25H20Cl2N4O3. The van der Waals surface area contributed by atoms with Crippen LogP contribution in [0.15, 0.2) is 77.6 Å². The predicted molar refractivity (Wildman–Crippen MR) is 135 cm³/mol. The Morgan fingerprint density at radius 2 is 1.56 bits per heavy atom. The number of rotatable bonds is 5. The Hall–Kier alpha value is -3.81. The molecule has 2 N–H and O–H groups in total. The van der Waals surface area contributed by atoms with Crippen molar-refractivity contribution >= 4 is 46.4 Å². The Labute approximate surface area is 205 Å². The number of benzene rings is 3. The molecule has 34 heavy (non-hydrogen) atoms. The zero-order chi connectivity index (χ0) is 24.4. The second-order valence-corrected chi connectivity index (χ2v) is 8.31. The normalized spacial score (nSPS) is 10.7. The molecule has 1 aromatic heterocycles. The van der Waals surface area contributed by atoms with Crippen molar-refractivity contribution in [2.75, 3.05) is 10.6 Å². The summed E-state index contributed by atoms with van der Waals surface area (Å²) >= 11 is 12.1. The monoisotopic (exact) mass is 494 g/mol. The fourth-order valence-electron chi connectivity index (χ4n) is 3.51. The van der Waals surface area contributed by atoms with Crippen LogP contribution < -0.4 is 16.2 Å². The molecule has 2 amide bonds. The van der Waals surface area contributed by atoms with Crippen molar-refractivity contribution in [2.24, 2.45) is 7.05 Å². The Morgan fingerprint density at radius 1 is 0.853 bits per heavy atom. The van der Waals surface area contributed by atoms with Gasteiger partial charge in [-0.3, -0.25) is 19.1 Å². The van der Waals surface area contributed by atoms with Crippen molar-refractivity contribution in [1.29, 1.82) is 0 Å². The lowest BCUT2D eigenvalue weighted by Gasteiger charge is -2.09. The van der Waals surface area contributed by atoms with Gasteiger partial charge in [0.25, 0.3) is 17.4 Å². The van der Waals surface area contributed by atoms with Crippen LogP contribution in [-0.2, 0) is 7.05 Å². The average Bonchev–Trinajstić information content (AvgIpc) is 3.04. The molecule has 3 aromatic carbocycles. The van der Waals surface area contributed by atoms with Crippen LogP contribution in [0.2, 0.25) is 10.0 Å². The van der Waals surface area contributed by atoms with Gasteiger partial charge in [0, 0.05) is 18.3 Å². The van der Waals surface area contributed by atoms with Crippen LogP contribution in [0.1, 0.15) is 26.4 Å². The first kappa shape index (κ1) is 23.4. The minimum atomic E-state index is -0.483. The SMILES string of the molecule is Cc1c(NC(=O)c2cccc(NC(=O)c3cccc(Cl)c3Cl)c2)c(=O)n(-c2ccccc2)n1C. The molecule has 0 aliphatic carbocycles. The van der Waals surface area contributed by atoms with Crippen molar-refractivity contribution in [3.63, 3.8) is 0 Å².